The van der Waals surface area contributed by atoms with Crippen molar-refractivity contribution in [3.8, 4) is 0 Å². The molecule has 5 rings (SSSR count). The van der Waals surface area contributed by atoms with Crippen LogP contribution in [0.4, 0.5) is 42.8 Å². The van der Waals surface area contributed by atoms with Crippen LogP contribution in [0, 0.1) is 0 Å². The van der Waals surface area contributed by atoms with Gasteiger partial charge in [0.2, 0.25) is 5.95 Å². The summed E-state index contributed by atoms with van der Waals surface area (Å²) in [7, 11) is 0. The first-order valence-electron chi connectivity index (χ1n) is 16.6. The molecule has 14 heteroatoms. The van der Waals surface area contributed by atoms with Gasteiger partial charge in [0.1, 0.15) is 6.10 Å². The van der Waals surface area contributed by atoms with Gasteiger partial charge in [-0.1, -0.05) is 20.3 Å². The van der Waals surface area contributed by atoms with E-state index in [-0.39, 0.29) is 48.4 Å². The molecular weight excluding hydrogens is 628 g/mol. The zero-order valence-electron chi connectivity index (χ0n) is 26.7. The molecular formula is C33H43F6N5O3. The fourth-order valence-electron chi connectivity index (χ4n) is 7.19. The van der Waals surface area contributed by atoms with Gasteiger partial charge in [-0.3, -0.25) is 0 Å². The molecule has 1 aliphatic carbocycles. The van der Waals surface area contributed by atoms with Crippen LogP contribution in [-0.4, -0.2) is 69.5 Å². The van der Waals surface area contributed by atoms with Gasteiger partial charge in [-0.25, -0.2) is 14.8 Å². The number of carbonyl (C=O) groups is 1. The summed E-state index contributed by atoms with van der Waals surface area (Å²) < 4.78 is 88.6. The van der Waals surface area contributed by atoms with Gasteiger partial charge in [0.05, 0.1) is 35.3 Å². The third-order valence-corrected chi connectivity index (χ3v) is 9.70. The molecule has 1 amide bonds. The highest BCUT2D eigenvalue weighted by Crippen LogP contribution is 2.38. The van der Waals surface area contributed by atoms with Gasteiger partial charge in [-0.05, 0) is 81.5 Å². The number of rotatable bonds is 8. The minimum atomic E-state index is -4.98. The maximum Gasteiger partial charge on any atom is 0.416 e. The topological polar surface area (TPSA) is 82.0 Å². The van der Waals surface area contributed by atoms with Crippen LogP contribution in [0.1, 0.15) is 94.7 Å². The molecule has 3 fully saturated rings. The van der Waals surface area contributed by atoms with E-state index in [1.807, 2.05) is 18.7 Å². The molecule has 4 atom stereocenters. The second-order valence-corrected chi connectivity index (χ2v) is 13.0. The molecule has 47 heavy (non-hydrogen) atoms. The molecule has 3 heterocycles. The quantitative estimate of drug-likeness (QED) is 0.290. The predicted octanol–water partition coefficient (Wildman–Crippen LogP) is 7.58. The molecule has 1 aromatic carbocycles. The van der Waals surface area contributed by atoms with Gasteiger partial charge >= 0.3 is 18.4 Å². The minimum absolute atomic E-state index is 0.125. The Morgan fingerprint density at radius 1 is 0.915 bits per heavy atom. The maximum atomic E-state index is 13.8. The number of halogens is 6. The van der Waals surface area contributed by atoms with Crippen molar-refractivity contribution in [2.75, 3.05) is 22.9 Å². The summed E-state index contributed by atoms with van der Waals surface area (Å²) >= 11 is 0. The van der Waals surface area contributed by atoms with E-state index in [1.165, 1.54) is 0 Å². The zero-order chi connectivity index (χ0) is 33.9. The molecule has 0 bridgehead atoms. The molecule has 1 aromatic heterocycles. The van der Waals surface area contributed by atoms with Crippen molar-refractivity contribution in [3.63, 3.8) is 0 Å². The summed E-state index contributed by atoms with van der Waals surface area (Å²) in [5.74, 6) is 0.160. The molecule has 8 nitrogen and oxygen atoms in total. The number of aliphatic hydroxyl groups excluding tert-OH is 1. The summed E-state index contributed by atoms with van der Waals surface area (Å²) in [6.07, 6.45) is -0.496. The number of nitrogens with zero attached hydrogens (tertiary/aromatic N) is 5. The van der Waals surface area contributed by atoms with E-state index in [1.54, 1.807) is 22.2 Å². The molecule has 1 N–H and O–H groups in total. The van der Waals surface area contributed by atoms with Crippen LogP contribution in [0.5, 0.6) is 0 Å². The van der Waals surface area contributed by atoms with Crippen LogP contribution >= 0.6 is 0 Å². The average molecular weight is 672 g/mol. The third kappa shape index (κ3) is 8.42. The fourth-order valence-corrected chi connectivity index (χ4v) is 7.19. The van der Waals surface area contributed by atoms with Crippen LogP contribution in [0.15, 0.2) is 30.6 Å². The molecule has 0 radical (unpaired) electrons. The largest absolute Gasteiger partial charge is 0.446 e. The number of alkyl halides is 6. The maximum absolute atomic E-state index is 13.8. The molecule has 2 aliphatic heterocycles. The third-order valence-electron chi connectivity index (χ3n) is 9.70. The number of anilines is 2. The lowest BCUT2D eigenvalue weighted by Crippen LogP contribution is -2.57. The Kier molecular flexibility index (Phi) is 10.8. The van der Waals surface area contributed by atoms with E-state index < -0.39 is 35.6 Å². The minimum Gasteiger partial charge on any atom is -0.446 e. The normalized spacial score (nSPS) is 24.4. The van der Waals surface area contributed by atoms with Gasteiger partial charge in [0, 0.05) is 37.8 Å². The molecule has 260 valence electrons. The van der Waals surface area contributed by atoms with Gasteiger partial charge in [-0.15, -0.1) is 0 Å². The number of hydrogen-bond donors (Lipinski definition) is 1. The molecule has 2 saturated heterocycles. The number of hydrogen-bond acceptors (Lipinski definition) is 7. The van der Waals surface area contributed by atoms with Crippen LogP contribution in [0.2, 0.25) is 0 Å². The summed E-state index contributed by atoms with van der Waals surface area (Å²) in [6.45, 7) is 4.59. The van der Waals surface area contributed by atoms with Crippen LogP contribution < -0.4 is 9.80 Å². The predicted molar refractivity (Wildman–Crippen MR) is 164 cm³/mol. The summed E-state index contributed by atoms with van der Waals surface area (Å²) in [5.41, 5.74) is -2.29. The Bertz CT molecular complexity index is 1310. The molecule has 1 saturated carbocycles. The van der Waals surface area contributed by atoms with Crippen molar-refractivity contribution in [1.82, 2.24) is 14.9 Å². The molecule has 3 aliphatic rings. The lowest BCUT2D eigenvalue weighted by atomic mass is 9.87. The number of amides is 1. The van der Waals surface area contributed by atoms with E-state index in [2.05, 4.69) is 9.97 Å². The van der Waals surface area contributed by atoms with Crippen molar-refractivity contribution in [3.05, 3.63) is 47.3 Å². The summed E-state index contributed by atoms with van der Waals surface area (Å²) in [4.78, 5) is 28.0. The molecule has 0 spiro atoms. The lowest BCUT2D eigenvalue weighted by molar-refractivity contribution is -0.143. The van der Waals surface area contributed by atoms with Gasteiger partial charge < -0.3 is 24.5 Å². The van der Waals surface area contributed by atoms with Crippen molar-refractivity contribution < 1.29 is 41.0 Å². The Hall–Kier alpha value is -3.29. The van der Waals surface area contributed by atoms with Crippen LogP contribution in [0.3, 0.4) is 0 Å². The fraction of sp³-hybridized carbons (Fsp3) is 0.667. The number of β-amino-alcohol motifs (C(OH)–C–C–N with tert-alkyl or cyclic N) is 1. The zero-order valence-corrected chi connectivity index (χ0v) is 26.7. The number of aromatic nitrogens is 2. The van der Waals surface area contributed by atoms with E-state index in [9.17, 15) is 36.2 Å². The molecule has 0 unspecified atom stereocenters. The second kappa shape index (κ2) is 14.4. The van der Waals surface area contributed by atoms with E-state index >= 15 is 0 Å². The number of piperidine rings is 1. The highest BCUT2D eigenvalue weighted by Gasteiger charge is 2.42. The first-order chi connectivity index (χ1) is 22.3. The average Bonchev–Trinajstić information content (AvgIpc) is 3.48. The van der Waals surface area contributed by atoms with E-state index in [0.29, 0.717) is 50.9 Å². The standard InChI is InChI=1S/C33H43F6N5O3/c1-3-24-15-26(16-25(4-2)44(24)31(46)47-29-8-6-5-7-9-29)43(30-40-17-27(18-41-30)42-11-10-28(45)20-42)19-21-12-22(32(34,35)36)14-23(13-21)33(37,38)39/h12-14,17-18,24-26,28-29,45H,3-11,15-16,19-20H2,1-2H3/t24-,25+,26+,28-/m0/s1. The van der Waals surface area contributed by atoms with Gasteiger partial charge in [-0.2, -0.15) is 26.3 Å². The SMILES string of the molecule is CC[C@@H]1C[C@H](N(Cc2cc(C(F)(F)F)cc(C(F)(F)F)c2)c2ncc(N3CC[C@H](O)C3)cn2)C[C@H](CC)N1C(=O)OC1CCCCC1. The Morgan fingerprint density at radius 3 is 1.98 bits per heavy atom. The highest BCUT2D eigenvalue weighted by atomic mass is 19.4. The van der Waals surface area contributed by atoms with E-state index in [4.69, 9.17) is 4.74 Å². The number of likely N-dealkylation sites (tertiary alicyclic amines) is 1. The van der Waals surface area contributed by atoms with Crippen LogP contribution in [-0.2, 0) is 23.6 Å². The monoisotopic (exact) mass is 671 g/mol. The highest BCUT2D eigenvalue weighted by molar-refractivity contribution is 5.69. The van der Waals surface area contributed by atoms with E-state index in [0.717, 1.165) is 44.2 Å². The Morgan fingerprint density at radius 2 is 1.49 bits per heavy atom. The van der Waals surface area contributed by atoms with Crippen molar-refractivity contribution in [2.45, 2.75) is 127 Å². The lowest BCUT2D eigenvalue weighted by Gasteiger charge is -2.47. The summed E-state index contributed by atoms with van der Waals surface area (Å²) in [6, 6.07) is 0.679. The van der Waals surface area contributed by atoms with Crippen molar-refractivity contribution in [2.24, 2.45) is 0 Å². The first kappa shape index (κ1) is 35.0. The summed E-state index contributed by atoms with van der Waals surface area (Å²) in [5, 5.41) is 9.96. The number of aliphatic hydroxyl groups is 1. The van der Waals surface area contributed by atoms with Crippen LogP contribution in [0.25, 0.3) is 0 Å². The first-order valence-corrected chi connectivity index (χ1v) is 16.6. The van der Waals surface area contributed by atoms with Crippen molar-refractivity contribution in [1.29, 1.82) is 0 Å². The second-order valence-electron chi connectivity index (χ2n) is 13.0. The number of benzene rings is 1. The van der Waals surface area contributed by atoms with Gasteiger partial charge in [0.25, 0.3) is 0 Å². The van der Waals surface area contributed by atoms with Crippen molar-refractivity contribution >= 4 is 17.7 Å². The Balaban J connectivity index is 1.48. The van der Waals surface area contributed by atoms with Gasteiger partial charge in [0.15, 0.2) is 0 Å². The molecule has 2 aromatic rings. The smallest absolute Gasteiger partial charge is 0.416 e. The number of ether oxygens (including phenoxy) is 1. The number of carbonyl (C=O) groups excluding carboxylic acids is 1. The Labute approximate surface area is 271 Å².